The molecule has 10 heteroatoms. The highest BCUT2D eigenvalue weighted by Gasteiger charge is 2.34. The molecule has 0 saturated heterocycles. The van der Waals surface area contributed by atoms with Gasteiger partial charge in [0.2, 0.25) is 15.9 Å². The molecule has 1 amide bonds. The lowest BCUT2D eigenvalue weighted by Crippen LogP contribution is -2.32. The number of furan rings is 1. The van der Waals surface area contributed by atoms with Gasteiger partial charge in [0.05, 0.1) is 22.0 Å². The molecule has 0 aliphatic carbocycles. The third-order valence-corrected chi connectivity index (χ3v) is 8.99. The van der Waals surface area contributed by atoms with Crippen LogP contribution in [0.1, 0.15) is 35.0 Å². The van der Waals surface area contributed by atoms with E-state index in [1.165, 1.54) is 42.7 Å². The van der Waals surface area contributed by atoms with Gasteiger partial charge in [0, 0.05) is 12.2 Å². The summed E-state index contributed by atoms with van der Waals surface area (Å²) in [4.78, 5) is 11.9. The molecule has 2 N–H and O–H groups in total. The largest absolute Gasteiger partial charge is 0.468 e. The maximum atomic E-state index is 13.3. The van der Waals surface area contributed by atoms with E-state index in [1.54, 1.807) is 25.1 Å². The number of anilines is 1. The van der Waals surface area contributed by atoms with Crippen LogP contribution >= 0.6 is 0 Å². The van der Waals surface area contributed by atoms with Gasteiger partial charge in [0.25, 0.3) is 0 Å². The maximum absolute atomic E-state index is 13.3. The first kappa shape index (κ1) is 22.3. The minimum Gasteiger partial charge on any atom is -0.468 e. The van der Waals surface area contributed by atoms with Gasteiger partial charge in [0.1, 0.15) is 11.0 Å². The lowest BCUT2D eigenvalue weighted by molar-refractivity contribution is -0.116. The molecule has 4 rings (SSSR count). The van der Waals surface area contributed by atoms with Crippen LogP contribution in [0.5, 0.6) is 0 Å². The number of fused-ring (bicyclic) bond motifs is 1. The summed E-state index contributed by atoms with van der Waals surface area (Å²) in [6.45, 7) is 3.11. The van der Waals surface area contributed by atoms with Crippen LogP contribution in [-0.2, 0) is 24.7 Å². The number of amides is 1. The molecule has 0 saturated carbocycles. The Morgan fingerprint density at radius 1 is 1.03 bits per heavy atom. The highest BCUT2D eigenvalue weighted by Crippen LogP contribution is 2.34. The summed E-state index contributed by atoms with van der Waals surface area (Å²) in [5, 5.41) is 1.43. The number of aryl methyl sites for hydroxylation is 1. The summed E-state index contributed by atoms with van der Waals surface area (Å²) >= 11 is 0. The van der Waals surface area contributed by atoms with Crippen LogP contribution in [0.15, 0.2) is 75.1 Å². The van der Waals surface area contributed by atoms with Crippen molar-refractivity contribution in [1.29, 1.82) is 0 Å². The Balaban J connectivity index is 1.63. The first-order valence-electron chi connectivity index (χ1n) is 9.88. The van der Waals surface area contributed by atoms with Crippen molar-refractivity contribution < 1.29 is 26.0 Å². The number of hydrogen-bond donors (Lipinski definition) is 2. The standard InChI is InChI=1S/C22H22N2O6S2/c1-14-5-7-16(8-6-14)31(26,27)21(20-4-3-11-30-20)13-23-32(28,29)17-9-10-19-18(12-17)15(2)22(25)24-19/h3-12,15,21,23H,13H2,1-2H3,(H,24,25)/t15-,21+/m0/s1. The van der Waals surface area contributed by atoms with Crippen LogP contribution in [0.2, 0.25) is 0 Å². The Bertz CT molecular complexity index is 1360. The summed E-state index contributed by atoms with van der Waals surface area (Å²) in [5.74, 6) is -0.548. The Hall–Kier alpha value is -2.95. The van der Waals surface area contributed by atoms with E-state index < -0.39 is 37.6 Å². The smallest absolute Gasteiger partial charge is 0.240 e. The summed E-state index contributed by atoms with van der Waals surface area (Å²) in [7, 11) is -8.00. The van der Waals surface area contributed by atoms with Crippen LogP contribution in [0.25, 0.3) is 0 Å². The van der Waals surface area contributed by atoms with Crippen molar-refractivity contribution in [3.05, 3.63) is 77.7 Å². The molecule has 0 fully saturated rings. The lowest BCUT2D eigenvalue weighted by Gasteiger charge is -2.17. The number of nitrogens with one attached hydrogen (secondary N) is 2. The molecule has 2 heterocycles. The van der Waals surface area contributed by atoms with E-state index in [2.05, 4.69) is 10.0 Å². The summed E-state index contributed by atoms with van der Waals surface area (Å²) in [5.41, 5.74) is 2.04. The highest BCUT2D eigenvalue weighted by molar-refractivity contribution is 7.92. The quantitative estimate of drug-likeness (QED) is 0.542. The molecule has 2 aromatic carbocycles. The zero-order valence-corrected chi connectivity index (χ0v) is 19.0. The van der Waals surface area contributed by atoms with Crippen molar-refractivity contribution in [2.24, 2.45) is 0 Å². The summed E-state index contributed by atoms with van der Waals surface area (Å²) < 4.78 is 60.2. The van der Waals surface area contributed by atoms with Gasteiger partial charge in [-0.1, -0.05) is 17.7 Å². The Morgan fingerprint density at radius 2 is 1.72 bits per heavy atom. The summed E-state index contributed by atoms with van der Waals surface area (Å²) in [6.07, 6.45) is 1.34. The first-order valence-corrected chi connectivity index (χ1v) is 12.9. The SMILES string of the molecule is Cc1ccc(S(=O)(=O)[C@H](CNS(=O)(=O)c2ccc3c(c2)[C@H](C)C(=O)N3)c2ccco2)cc1. The fraction of sp³-hybridized carbons (Fsp3) is 0.227. The number of sulfone groups is 1. The van der Waals surface area contributed by atoms with E-state index in [4.69, 9.17) is 4.42 Å². The molecule has 0 radical (unpaired) electrons. The van der Waals surface area contributed by atoms with E-state index in [1.807, 2.05) is 6.92 Å². The second kappa shape index (κ2) is 8.19. The van der Waals surface area contributed by atoms with Gasteiger partial charge in [-0.25, -0.2) is 21.6 Å². The Labute approximate surface area is 186 Å². The first-order chi connectivity index (χ1) is 15.1. The molecule has 32 heavy (non-hydrogen) atoms. The number of carbonyl (C=O) groups is 1. The monoisotopic (exact) mass is 474 g/mol. The molecule has 0 bridgehead atoms. The maximum Gasteiger partial charge on any atom is 0.240 e. The van der Waals surface area contributed by atoms with Crippen LogP contribution in [-0.4, -0.2) is 29.3 Å². The molecule has 3 aromatic rings. The van der Waals surface area contributed by atoms with E-state index >= 15 is 0 Å². The molecule has 8 nitrogen and oxygen atoms in total. The normalized spacial score (nSPS) is 17.1. The average Bonchev–Trinajstić information content (AvgIpc) is 3.37. The summed E-state index contributed by atoms with van der Waals surface area (Å²) in [6, 6.07) is 13.7. The predicted octanol–water partition coefficient (Wildman–Crippen LogP) is 3.14. The molecule has 0 unspecified atom stereocenters. The van der Waals surface area contributed by atoms with Gasteiger partial charge in [-0.15, -0.1) is 0 Å². The molecule has 168 valence electrons. The van der Waals surface area contributed by atoms with Gasteiger partial charge >= 0.3 is 0 Å². The number of rotatable bonds is 7. The number of sulfonamides is 1. The third-order valence-electron chi connectivity index (χ3n) is 5.49. The van der Waals surface area contributed by atoms with Crippen molar-refractivity contribution in [3.8, 4) is 0 Å². The Morgan fingerprint density at radius 3 is 2.38 bits per heavy atom. The van der Waals surface area contributed by atoms with Crippen molar-refractivity contribution in [1.82, 2.24) is 4.72 Å². The Kier molecular flexibility index (Phi) is 5.70. The van der Waals surface area contributed by atoms with E-state index in [9.17, 15) is 21.6 Å². The van der Waals surface area contributed by atoms with Crippen molar-refractivity contribution in [2.75, 3.05) is 11.9 Å². The van der Waals surface area contributed by atoms with Gasteiger partial charge < -0.3 is 9.73 Å². The topological polar surface area (TPSA) is 123 Å². The zero-order chi connectivity index (χ0) is 23.1. The molecular formula is C22H22N2O6S2. The van der Waals surface area contributed by atoms with E-state index in [0.717, 1.165) is 5.56 Å². The van der Waals surface area contributed by atoms with Crippen LogP contribution in [0.3, 0.4) is 0 Å². The molecular weight excluding hydrogens is 452 g/mol. The van der Waals surface area contributed by atoms with Crippen molar-refractivity contribution >= 4 is 31.5 Å². The van der Waals surface area contributed by atoms with Crippen LogP contribution in [0.4, 0.5) is 5.69 Å². The highest BCUT2D eigenvalue weighted by atomic mass is 32.2. The molecule has 0 spiro atoms. The minimum atomic E-state index is -4.05. The van der Waals surface area contributed by atoms with Gasteiger partial charge in [0.15, 0.2) is 9.84 Å². The average molecular weight is 475 g/mol. The number of benzene rings is 2. The third kappa shape index (κ3) is 4.08. The second-order valence-corrected chi connectivity index (χ2v) is 11.6. The molecule has 2 atom stereocenters. The molecule has 1 aliphatic heterocycles. The van der Waals surface area contributed by atoms with E-state index in [-0.39, 0.29) is 21.5 Å². The van der Waals surface area contributed by atoms with Gasteiger partial charge in [-0.05, 0) is 61.9 Å². The minimum absolute atomic E-state index is 0.0504. The second-order valence-electron chi connectivity index (χ2n) is 7.67. The van der Waals surface area contributed by atoms with Crippen molar-refractivity contribution in [2.45, 2.75) is 34.8 Å². The van der Waals surface area contributed by atoms with Crippen LogP contribution < -0.4 is 10.0 Å². The molecule has 1 aromatic heterocycles. The predicted molar refractivity (Wildman–Crippen MR) is 118 cm³/mol. The molecule has 1 aliphatic rings. The van der Waals surface area contributed by atoms with Gasteiger partial charge in [-0.3, -0.25) is 4.79 Å². The van der Waals surface area contributed by atoms with Crippen molar-refractivity contribution in [3.63, 3.8) is 0 Å². The fourth-order valence-corrected chi connectivity index (χ4v) is 6.34. The fourth-order valence-electron chi connectivity index (χ4n) is 3.56. The lowest BCUT2D eigenvalue weighted by atomic mass is 10.0. The van der Waals surface area contributed by atoms with Gasteiger partial charge in [-0.2, -0.15) is 0 Å². The van der Waals surface area contributed by atoms with E-state index in [0.29, 0.717) is 11.3 Å². The number of carbonyl (C=O) groups excluding carboxylic acids is 1. The van der Waals surface area contributed by atoms with Crippen LogP contribution in [0, 0.1) is 6.92 Å². The number of hydrogen-bond acceptors (Lipinski definition) is 6. The zero-order valence-electron chi connectivity index (χ0n) is 17.4.